The van der Waals surface area contributed by atoms with Gasteiger partial charge in [0.15, 0.2) is 0 Å². The van der Waals surface area contributed by atoms with Gasteiger partial charge in [0.05, 0.1) is 5.92 Å². The standard InChI is InChI=1S/C17H35NO2/c1-4-5-6-7-8-9-10-11-12-13-14-16(17(19)20)15-18(2)3/h16H,4-15H2,1-3H3,(H,19,20). The largest absolute Gasteiger partial charge is 0.481 e. The third kappa shape index (κ3) is 12.5. The van der Waals surface area contributed by atoms with Crippen LogP contribution in [0.3, 0.4) is 0 Å². The number of hydrogen-bond acceptors (Lipinski definition) is 2. The van der Waals surface area contributed by atoms with Crippen molar-refractivity contribution in [3.63, 3.8) is 0 Å². The van der Waals surface area contributed by atoms with E-state index in [0.29, 0.717) is 6.54 Å². The van der Waals surface area contributed by atoms with Crippen molar-refractivity contribution in [3.8, 4) is 0 Å². The number of carbonyl (C=O) groups is 1. The highest BCUT2D eigenvalue weighted by Gasteiger charge is 2.17. The van der Waals surface area contributed by atoms with Gasteiger partial charge in [-0.2, -0.15) is 0 Å². The van der Waals surface area contributed by atoms with Gasteiger partial charge in [-0.3, -0.25) is 4.79 Å². The van der Waals surface area contributed by atoms with Gasteiger partial charge in [-0.05, 0) is 20.5 Å². The average Bonchev–Trinajstić information content (AvgIpc) is 2.39. The first-order chi connectivity index (χ1) is 9.57. The molecule has 0 saturated heterocycles. The summed E-state index contributed by atoms with van der Waals surface area (Å²) in [6.45, 7) is 2.91. The van der Waals surface area contributed by atoms with Crippen molar-refractivity contribution in [2.45, 2.75) is 77.6 Å². The summed E-state index contributed by atoms with van der Waals surface area (Å²) in [5, 5.41) is 9.14. The molecule has 0 aliphatic rings. The lowest BCUT2D eigenvalue weighted by atomic mass is 9.99. The van der Waals surface area contributed by atoms with Gasteiger partial charge in [-0.15, -0.1) is 0 Å². The first-order valence-corrected chi connectivity index (χ1v) is 8.45. The molecule has 0 aromatic heterocycles. The normalized spacial score (nSPS) is 12.8. The van der Waals surface area contributed by atoms with E-state index in [1.807, 2.05) is 19.0 Å². The van der Waals surface area contributed by atoms with E-state index >= 15 is 0 Å². The van der Waals surface area contributed by atoms with Crippen LogP contribution in [0.15, 0.2) is 0 Å². The van der Waals surface area contributed by atoms with E-state index in [2.05, 4.69) is 6.92 Å². The second kappa shape index (κ2) is 13.4. The molecule has 0 fully saturated rings. The molecule has 0 radical (unpaired) electrons. The quantitative estimate of drug-likeness (QED) is 0.476. The van der Waals surface area contributed by atoms with Crippen molar-refractivity contribution in [1.29, 1.82) is 0 Å². The lowest BCUT2D eigenvalue weighted by Gasteiger charge is -2.16. The number of hydrogen-bond donors (Lipinski definition) is 1. The Bertz CT molecular complexity index is 229. The Morgan fingerprint density at radius 1 is 0.900 bits per heavy atom. The molecule has 0 amide bonds. The van der Waals surface area contributed by atoms with Crippen molar-refractivity contribution in [2.24, 2.45) is 5.92 Å². The molecule has 0 heterocycles. The van der Waals surface area contributed by atoms with E-state index in [1.165, 1.54) is 57.8 Å². The number of carboxylic acid groups (broad SMARTS) is 1. The predicted octanol–water partition coefficient (Wildman–Crippen LogP) is 4.56. The predicted molar refractivity (Wildman–Crippen MR) is 86.1 cm³/mol. The molecule has 0 saturated carbocycles. The molecule has 0 rings (SSSR count). The van der Waals surface area contributed by atoms with Crippen molar-refractivity contribution in [3.05, 3.63) is 0 Å². The minimum absolute atomic E-state index is 0.195. The van der Waals surface area contributed by atoms with Crippen LogP contribution in [-0.4, -0.2) is 36.6 Å². The van der Waals surface area contributed by atoms with Crippen LogP contribution >= 0.6 is 0 Å². The number of nitrogens with zero attached hydrogens (tertiary/aromatic N) is 1. The lowest BCUT2D eigenvalue weighted by Crippen LogP contribution is -2.27. The van der Waals surface area contributed by atoms with Crippen molar-refractivity contribution < 1.29 is 9.90 Å². The van der Waals surface area contributed by atoms with E-state index in [9.17, 15) is 4.79 Å². The topological polar surface area (TPSA) is 40.5 Å². The number of rotatable bonds is 14. The van der Waals surface area contributed by atoms with Crippen LogP contribution in [0, 0.1) is 5.92 Å². The van der Waals surface area contributed by atoms with Gasteiger partial charge in [0.2, 0.25) is 0 Å². The SMILES string of the molecule is CCCCCCCCCCCCC(CN(C)C)C(=O)O. The zero-order valence-electron chi connectivity index (χ0n) is 13.9. The summed E-state index contributed by atoms with van der Waals surface area (Å²) in [6, 6.07) is 0. The summed E-state index contributed by atoms with van der Waals surface area (Å²) in [5.41, 5.74) is 0. The molecule has 3 nitrogen and oxygen atoms in total. The van der Waals surface area contributed by atoms with E-state index < -0.39 is 5.97 Å². The molecule has 0 spiro atoms. The fourth-order valence-corrected chi connectivity index (χ4v) is 2.61. The van der Waals surface area contributed by atoms with Crippen LogP contribution in [0.2, 0.25) is 0 Å². The monoisotopic (exact) mass is 285 g/mol. The molecule has 3 heteroatoms. The van der Waals surface area contributed by atoms with Crippen LogP contribution in [0.1, 0.15) is 77.6 Å². The molecule has 0 aliphatic heterocycles. The van der Waals surface area contributed by atoms with Crippen LogP contribution < -0.4 is 0 Å². The summed E-state index contributed by atoms with van der Waals surface area (Å²) in [6.07, 6.45) is 13.8. The zero-order chi connectivity index (χ0) is 15.2. The average molecular weight is 285 g/mol. The number of carboxylic acids is 1. The van der Waals surface area contributed by atoms with Gasteiger partial charge in [0.25, 0.3) is 0 Å². The summed E-state index contributed by atoms with van der Waals surface area (Å²) >= 11 is 0. The summed E-state index contributed by atoms with van der Waals surface area (Å²) < 4.78 is 0. The fourth-order valence-electron chi connectivity index (χ4n) is 2.61. The third-order valence-corrected chi connectivity index (χ3v) is 3.84. The first kappa shape index (κ1) is 19.4. The highest BCUT2D eigenvalue weighted by atomic mass is 16.4. The maximum atomic E-state index is 11.1. The summed E-state index contributed by atoms with van der Waals surface area (Å²) in [5.74, 6) is -0.839. The Labute approximate surface area is 125 Å². The Hall–Kier alpha value is -0.570. The van der Waals surface area contributed by atoms with E-state index in [0.717, 1.165) is 12.8 Å². The highest BCUT2D eigenvalue weighted by Crippen LogP contribution is 2.14. The smallest absolute Gasteiger partial charge is 0.307 e. The molecule has 0 aliphatic carbocycles. The van der Waals surface area contributed by atoms with Gasteiger partial charge in [-0.25, -0.2) is 0 Å². The zero-order valence-corrected chi connectivity index (χ0v) is 13.9. The number of aliphatic carboxylic acids is 1. The van der Waals surface area contributed by atoms with Crippen molar-refractivity contribution in [2.75, 3.05) is 20.6 Å². The minimum atomic E-state index is -0.644. The van der Waals surface area contributed by atoms with E-state index in [4.69, 9.17) is 5.11 Å². The molecule has 1 unspecified atom stereocenters. The van der Waals surface area contributed by atoms with Gasteiger partial charge < -0.3 is 10.0 Å². The van der Waals surface area contributed by atoms with Gasteiger partial charge >= 0.3 is 5.97 Å². The van der Waals surface area contributed by atoms with Crippen LogP contribution in [0.25, 0.3) is 0 Å². The first-order valence-electron chi connectivity index (χ1n) is 8.45. The van der Waals surface area contributed by atoms with Gasteiger partial charge in [0, 0.05) is 6.54 Å². The summed E-state index contributed by atoms with van der Waals surface area (Å²) in [4.78, 5) is 13.1. The minimum Gasteiger partial charge on any atom is -0.481 e. The summed E-state index contributed by atoms with van der Waals surface area (Å²) in [7, 11) is 3.88. The molecular formula is C17H35NO2. The molecule has 20 heavy (non-hydrogen) atoms. The molecule has 0 bridgehead atoms. The van der Waals surface area contributed by atoms with Gasteiger partial charge in [0.1, 0.15) is 0 Å². The van der Waals surface area contributed by atoms with E-state index in [1.54, 1.807) is 0 Å². The maximum absolute atomic E-state index is 11.1. The fraction of sp³-hybridized carbons (Fsp3) is 0.941. The Kier molecular flexibility index (Phi) is 13.0. The molecule has 0 aromatic rings. The third-order valence-electron chi connectivity index (χ3n) is 3.84. The molecule has 120 valence electrons. The van der Waals surface area contributed by atoms with Crippen LogP contribution in [0.5, 0.6) is 0 Å². The van der Waals surface area contributed by atoms with Crippen LogP contribution in [-0.2, 0) is 4.79 Å². The van der Waals surface area contributed by atoms with E-state index in [-0.39, 0.29) is 5.92 Å². The van der Waals surface area contributed by atoms with Gasteiger partial charge in [-0.1, -0.05) is 71.1 Å². The lowest BCUT2D eigenvalue weighted by molar-refractivity contribution is -0.142. The Balaban J connectivity index is 3.39. The van der Waals surface area contributed by atoms with Crippen LogP contribution in [0.4, 0.5) is 0 Å². The van der Waals surface area contributed by atoms with Crippen molar-refractivity contribution in [1.82, 2.24) is 4.90 Å². The molecule has 1 atom stereocenters. The molecular weight excluding hydrogens is 250 g/mol. The number of unbranched alkanes of at least 4 members (excludes halogenated alkanes) is 9. The Morgan fingerprint density at radius 2 is 1.35 bits per heavy atom. The Morgan fingerprint density at radius 3 is 1.75 bits per heavy atom. The maximum Gasteiger partial charge on any atom is 0.307 e. The molecule has 1 N–H and O–H groups in total. The molecule has 0 aromatic carbocycles. The second-order valence-corrected chi connectivity index (χ2v) is 6.27. The second-order valence-electron chi connectivity index (χ2n) is 6.27. The highest BCUT2D eigenvalue weighted by molar-refractivity contribution is 5.70. The van der Waals surface area contributed by atoms with Crippen molar-refractivity contribution >= 4 is 5.97 Å².